The molecule has 7 heteroatoms. The maximum Gasteiger partial charge on any atom is 0.306 e. The number of ketones is 3. The van der Waals surface area contributed by atoms with Crippen molar-refractivity contribution < 1.29 is 33.4 Å². The first-order chi connectivity index (χ1) is 16.5. The number of carbonyl (C=O) groups is 5. The van der Waals surface area contributed by atoms with Gasteiger partial charge in [0, 0.05) is 37.0 Å². The van der Waals surface area contributed by atoms with Crippen molar-refractivity contribution in [3.05, 3.63) is 11.6 Å². The Morgan fingerprint density at radius 2 is 1.77 bits per heavy atom. The van der Waals surface area contributed by atoms with Gasteiger partial charge < -0.3 is 9.47 Å². The third-order valence-electron chi connectivity index (χ3n) is 9.62. The number of rotatable bonds is 7. The average Bonchev–Trinajstić information content (AvgIpc) is 3.10. The second-order valence-corrected chi connectivity index (χ2v) is 11.4. The molecule has 4 aliphatic rings. The highest BCUT2D eigenvalue weighted by atomic mass is 16.6. The minimum absolute atomic E-state index is 0.0288. The molecule has 0 aliphatic heterocycles. The first-order valence-corrected chi connectivity index (χ1v) is 13.2. The van der Waals surface area contributed by atoms with Crippen LogP contribution in [0.5, 0.6) is 0 Å². The molecule has 0 spiro atoms. The molecule has 3 fully saturated rings. The quantitative estimate of drug-likeness (QED) is 0.494. The Balaban J connectivity index is 1.68. The third-order valence-corrected chi connectivity index (χ3v) is 9.62. The van der Waals surface area contributed by atoms with Gasteiger partial charge in [-0.15, -0.1) is 0 Å². The molecule has 6 atom stereocenters. The minimum Gasteiger partial charge on any atom is -0.457 e. The largest absolute Gasteiger partial charge is 0.457 e. The number of Topliss-reactive ketones (excluding diaryl/α,β-unsaturated/α-hetero) is 2. The monoisotopic (exact) mass is 486 g/mol. The van der Waals surface area contributed by atoms with E-state index in [1.54, 1.807) is 13.0 Å². The molecule has 0 saturated heterocycles. The van der Waals surface area contributed by atoms with Gasteiger partial charge in [0.2, 0.25) is 5.78 Å². The fourth-order valence-electron chi connectivity index (χ4n) is 7.86. The Labute approximate surface area is 207 Å². The fraction of sp³-hybridized carbons (Fsp3) is 0.750. The third kappa shape index (κ3) is 3.99. The number of allylic oxidation sites excluding steroid dienone is 1. The van der Waals surface area contributed by atoms with E-state index in [1.165, 1.54) is 0 Å². The minimum atomic E-state index is -1.47. The van der Waals surface area contributed by atoms with E-state index in [1.807, 2.05) is 13.8 Å². The molecule has 0 bridgehead atoms. The molecule has 0 aromatic heterocycles. The number of ether oxygens (including phenoxy) is 2. The van der Waals surface area contributed by atoms with Gasteiger partial charge in [0.25, 0.3) is 0 Å². The van der Waals surface area contributed by atoms with Crippen LogP contribution in [-0.4, -0.2) is 41.5 Å². The summed E-state index contributed by atoms with van der Waals surface area (Å²) in [4.78, 5) is 64.2. The summed E-state index contributed by atoms with van der Waals surface area (Å²) in [7, 11) is 0. The van der Waals surface area contributed by atoms with Crippen molar-refractivity contribution >= 4 is 29.3 Å². The summed E-state index contributed by atoms with van der Waals surface area (Å²) >= 11 is 0. The number of carbonyl (C=O) groups excluding carboxylic acids is 5. The van der Waals surface area contributed by atoms with Gasteiger partial charge >= 0.3 is 11.9 Å². The maximum absolute atomic E-state index is 13.9. The summed E-state index contributed by atoms with van der Waals surface area (Å²) in [5.41, 5.74) is -1.57. The molecule has 35 heavy (non-hydrogen) atoms. The van der Waals surface area contributed by atoms with Crippen LogP contribution in [0.3, 0.4) is 0 Å². The van der Waals surface area contributed by atoms with Crippen LogP contribution in [0.25, 0.3) is 0 Å². The summed E-state index contributed by atoms with van der Waals surface area (Å²) < 4.78 is 11.2. The molecular weight excluding hydrogens is 448 g/mol. The molecular formula is C28H38O7. The van der Waals surface area contributed by atoms with Crippen LogP contribution in [0.1, 0.15) is 91.9 Å². The van der Waals surface area contributed by atoms with Crippen LogP contribution in [0.15, 0.2) is 11.6 Å². The number of hydrogen-bond donors (Lipinski definition) is 0. The maximum atomic E-state index is 13.9. The van der Waals surface area contributed by atoms with Gasteiger partial charge in [0.15, 0.2) is 18.0 Å². The zero-order valence-corrected chi connectivity index (χ0v) is 21.4. The van der Waals surface area contributed by atoms with E-state index in [4.69, 9.17) is 9.47 Å². The standard InChI is InChI=1S/C28H38O7/c1-5-7-24(33)34-16-22(31)28(35-23(32)6-2)13-11-20-19-9-8-17-14-18(29)10-12-26(17,3)25(19)21(30)15-27(20,28)4/h14,19-20,25H,5-13,15-16H2,1-4H3/t19-,20-,25+,26-,27-,28-/m0/s1. The summed E-state index contributed by atoms with van der Waals surface area (Å²) in [6.07, 6.45) is 6.53. The normalized spacial score (nSPS) is 38.1. The topological polar surface area (TPSA) is 104 Å². The number of fused-ring (bicyclic) bond motifs is 5. The Bertz CT molecular complexity index is 980. The van der Waals surface area contributed by atoms with E-state index < -0.39 is 35.3 Å². The van der Waals surface area contributed by atoms with Crippen molar-refractivity contribution in [3.8, 4) is 0 Å². The Morgan fingerprint density at radius 3 is 2.46 bits per heavy atom. The van der Waals surface area contributed by atoms with Gasteiger partial charge in [-0.3, -0.25) is 24.0 Å². The lowest BCUT2D eigenvalue weighted by molar-refractivity contribution is -0.193. The van der Waals surface area contributed by atoms with Crippen LogP contribution in [-0.2, 0) is 33.4 Å². The average molecular weight is 487 g/mol. The molecule has 3 saturated carbocycles. The van der Waals surface area contributed by atoms with E-state index in [2.05, 4.69) is 6.92 Å². The Hall–Kier alpha value is -2.31. The van der Waals surface area contributed by atoms with Gasteiger partial charge in [-0.2, -0.15) is 0 Å². The van der Waals surface area contributed by atoms with Crippen molar-refractivity contribution in [1.29, 1.82) is 0 Å². The molecule has 0 unspecified atom stereocenters. The van der Waals surface area contributed by atoms with Crippen molar-refractivity contribution in [2.45, 2.75) is 97.5 Å². The van der Waals surface area contributed by atoms with Crippen LogP contribution in [0, 0.1) is 28.6 Å². The zero-order valence-electron chi connectivity index (χ0n) is 21.4. The van der Waals surface area contributed by atoms with E-state index in [9.17, 15) is 24.0 Å². The van der Waals surface area contributed by atoms with Crippen molar-refractivity contribution in [1.82, 2.24) is 0 Å². The van der Waals surface area contributed by atoms with Crippen molar-refractivity contribution in [3.63, 3.8) is 0 Å². The van der Waals surface area contributed by atoms with Gasteiger partial charge in [-0.05, 0) is 61.9 Å². The molecule has 0 heterocycles. The number of hydrogen-bond acceptors (Lipinski definition) is 7. The molecule has 0 aromatic rings. The van der Waals surface area contributed by atoms with Crippen LogP contribution >= 0.6 is 0 Å². The first-order valence-electron chi connectivity index (χ1n) is 13.2. The smallest absolute Gasteiger partial charge is 0.306 e. The summed E-state index contributed by atoms with van der Waals surface area (Å²) in [5.74, 6) is -1.24. The highest BCUT2D eigenvalue weighted by molar-refractivity contribution is 5.96. The van der Waals surface area contributed by atoms with Crippen molar-refractivity contribution in [2.75, 3.05) is 6.61 Å². The van der Waals surface area contributed by atoms with Crippen molar-refractivity contribution in [2.24, 2.45) is 28.6 Å². The number of esters is 2. The highest BCUT2D eigenvalue weighted by Crippen LogP contribution is 2.67. The second-order valence-electron chi connectivity index (χ2n) is 11.4. The molecule has 0 N–H and O–H groups in total. The van der Waals surface area contributed by atoms with Gasteiger partial charge in [0.05, 0.1) is 0 Å². The summed E-state index contributed by atoms with van der Waals surface area (Å²) in [6.45, 7) is 7.13. The lowest BCUT2D eigenvalue weighted by atomic mass is 9.46. The van der Waals surface area contributed by atoms with Gasteiger partial charge in [0.1, 0.15) is 5.78 Å². The van der Waals surface area contributed by atoms with Crippen LogP contribution in [0.4, 0.5) is 0 Å². The Morgan fingerprint density at radius 1 is 1.03 bits per heavy atom. The molecule has 0 aromatic carbocycles. The van der Waals surface area contributed by atoms with E-state index in [-0.39, 0.29) is 54.0 Å². The summed E-state index contributed by atoms with van der Waals surface area (Å²) in [5, 5.41) is 0. The molecule has 0 radical (unpaired) electrons. The SMILES string of the molecule is CCCC(=O)OCC(=O)[C@@]1(OC(=O)CC)CC[C@H]2[C@@H]3CCC4=CC(=O)CC[C@]4(C)[C@H]3C(=O)C[C@@]21C. The van der Waals surface area contributed by atoms with E-state index in [0.29, 0.717) is 32.1 Å². The molecule has 7 nitrogen and oxygen atoms in total. The van der Waals surface area contributed by atoms with Crippen LogP contribution < -0.4 is 0 Å². The fourth-order valence-corrected chi connectivity index (χ4v) is 7.86. The van der Waals surface area contributed by atoms with E-state index in [0.717, 1.165) is 18.4 Å². The lowest BCUT2D eigenvalue weighted by Gasteiger charge is -2.58. The predicted octanol–water partition coefficient (Wildman–Crippen LogP) is 4.30. The zero-order chi connectivity index (χ0) is 25.6. The van der Waals surface area contributed by atoms with Gasteiger partial charge in [-0.1, -0.05) is 33.3 Å². The summed E-state index contributed by atoms with van der Waals surface area (Å²) in [6, 6.07) is 0. The lowest BCUT2D eigenvalue weighted by Crippen LogP contribution is -2.62. The molecule has 0 amide bonds. The molecule has 4 aliphatic carbocycles. The molecule has 192 valence electrons. The van der Waals surface area contributed by atoms with Gasteiger partial charge in [-0.25, -0.2) is 0 Å². The van der Waals surface area contributed by atoms with Crippen LogP contribution in [0.2, 0.25) is 0 Å². The highest BCUT2D eigenvalue weighted by Gasteiger charge is 2.70. The predicted molar refractivity (Wildman–Crippen MR) is 127 cm³/mol. The molecule has 4 rings (SSSR count). The first kappa shape index (κ1) is 25.8. The van der Waals surface area contributed by atoms with E-state index >= 15 is 0 Å². The second kappa shape index (κ2) is 9.29. The Kier molecular flexibility index (Phi) is 6.84.